The van der Waals surface area contributed by atoms with Gasteiger partial charge < -0.3 is 5.32 Å². The summed E-state index contributed by atoms with van der Waals surface area (Å²) >= 11 is 0. The fourth-order valence-electron chi connectivity index (χ4n) is 2.94. The van der Waals surface area contributed by atoms with Crippen LogP contribution in [0.15, 0.2) is 18.2 Å². The highest BCUT2D eigenvalue weighted by Crippen LogP contribution is 2.36. The van der Waals surface area contributed by atoms with Gasteiger partial charge in [0.05, 0.1) is 0 Å². The quantitative estimate of drug-likeness (QED) is 0.826. The molecule has 0 amide bonds. The lowest BCUT2D eigenvalue weighted by molar-refractivity contribution is 0.265. The van der Waals surface area contributed by atoms with Crippen molar-refractivity contribution >= 4 is 0 Å². The molecule has 106 valence electrons. The molecular weight excluding hydrogens is 246 g/mol. The first-order valence-electron chi connectivity index (χ1n) is 6.99. The zero-order valence-electron chi connectivity index (χ0n) is 11.6. The third-order valence-electron chi connectivity index (χ3n) is 3.89. The molecule has 0 aliphatic carbocycles. The molecule has 1 aliphatic heterocycles. The van der Waals surface area contributed by atoms with Crippen molar-refractivity contribution in [3.05, 3.63) is 35.4 Å². The van der Waals surface area contributed by atoms with Gasteiger partial charge in [0.1, 0.15) is 11.6 Å². The maximum absolute atomic E-state index is 14.0. The first-order chi connectivity index (χ1) is 9.13. The lowest BCUT2D eigenvalue weighted by atomic mass is 9.93. The van der Waals surface area contributed by atoms with Crippen molar-refractivity contribution in [2.24, 2.45) is 5.92 Å². The number of likely N-dealkylation sites (tertiary alicyclic amines) is 1. The molecule has 0 aromatic heterocycles. The van der Waals surface area contributed by atoms with Crippen molar-refractivity contribution in [2.75, 3.05) is 26.7 Å². The summed E-state index contributed by atoms with van der Waals surface area (Å²) in [5.74, 6) is -0.557. The van der Waals surface area contributed by atoms with Gasteiger partial charge in [0, 0.05) is 17.7 Å². The first kappa shape index (κ1) is 14.4. The molecule has 2 rings (SSSR count). The Hall–Kier alpha value is -1.00. The average molecular weight is 268 g/mol. The number of halogens is 2. The second kappa shape index (κ2) is 6.44. The van der Waals surface area contributed by atoms with Gasteiger partial charge in [-0.25, -0.2) is 8.78 Å². The zero-order valence-corrected chi connectivity index (χ0v) is 11.6. The number of rotatable bonds is 5. The molecule has 2 unspecified atom stereocenters. The molecular formula is C15H22F2N2. The summed E-state index contributed by atoms with van der Waals surface area (Å²) in [5, 5.41) is 3.40. The molecule has 0 bridgehead atoms. The van der Waals surface area contributed by atoms with Crippen LogP contribution in [0.5, 0.6) is 0 Å². The number of hydrogen-bond donors (Lipinski definition) is 1. The summed E-state index contributed by atoms with van der Waals surface area (Å²) in [6, 6.07) is 3.97. The summed E-state index contributed by atoms with van der Waals surface area (Å²) in [5.41, 5.74) is 0.615. The fourth-order valence-corrected chi connectivity index (χ4v) is 2.94. The Balaban J connectivity index is 2.14. The molecule has 1 fully saturated rings. The Morgan fingerprint density at radius 3 is 2.84 bits per heavy atom. The van der Waals surface area contributed by atoms with Crippen molar-refractivity contribution in [2.45, 2.75) is 25.8 Å². The molecule has 0 saturated carbocycles. The van der Waals surface area contributed by atoms with Crippen LogP contribution in [0, 0.1) is 17.6 Å². The van der Waals surface area contributed by atoms with Gasteiger partial charge in [0.2, 0.25) is 0 Å². The smallest absolute Gasteiger partial charge is 0.130 e. The van der Waals surface area contributed by atoms with Crippen molar-refractivity contribution in [1.29, 1.82) is 0 Å². The summed E-state index contributed by atoms with van der Waals surface area (Å²) in [6.07, 6.45) is 2.15. The monoisotopic (exact) mass is 268 g/mol. The van der Waals surface area contributed by atoms with Crippen LogP contribution in [-0.4, -0.2) is 31.6 Å². The fraction of sp³-hybridized carbons (Fsp3) is 0.600. The first-order valence-corrected chi connectivity index (χ1v) is 6.99. The van der Waals surface area contributed by atoms with E-state index in [9.17, 15) is 8.78 Å². The highest BCUT2D eigenvalue weighted by Gasteiger charge is 2.34. The highest BCUT2D eigenvalue weighted by molar-refractivity contribution is 5.24. The second-order valence-electron chi connectivity index (χ2n) is 5.34. The van der Waals surface area contributed by atoms with Gasteiger partial charge in [-0.3, -0.25) is 4.90 Å². The molecule has 1 aliphatic rings. The van der Waals surface area contributed by atoms with Gasteiger partial charge in [-0.1, -0.05) is 13.0 Å². The number of nitrogens with zero attached hydrogens (tertiary/aromatic N) is 1. The van der Waals surface area contributed by atoms with Gasteiger partial charge in [-0.15, -0.1) is 0 Å². The summed E-state index contributed by atoms with van der Waals surface area (Å²) < 4.78 is 27.0. The SMILES string of the molecule is CCCNCC1CCN(C)C1c1ccc(F)cc1F. The average Bonchev–Trinajstić information content (AvgIpc) is 2.72. The Labute approximate surface area is 113 Å². The molecule has 4 heteroatoms. The van der Waals surface area contributed by atoms with E-state index in [-0.39, 0.29) is 6.04 Å². The predicted molar refractivity (Wildman–Crippen MR) is 73.0 cm³/mol. The number of hydrogen-bond acceptors (Lipinski definition) is 2. The Morgan fingerprint density at radius 1 is 1.37 bits per heavy atom. The normalized spacial score (nSPS) is 24.0. The molecule has 1 aromatic carbocycles. The molecule has 2 nitrogen and oxygen atoms in total. The molecule has 2 atom stereocenters. The minimum atomic E-state index is -0.512. The van der Waals surface area contributed by atoms with E-state index in [1.807, 2.05) is 7.05 Å². The minimum absolute atomic E-state index is 0.0463. The van der Waals surface area contributed by atoms with E-state index in [1.165, 1.54) is 6.07 Å². The third-order valence-corrected chi connectivity index (χ3v) is 3.89. The highest BCUT2D eigenvalue weighted by atomic mass is 19.1. The molecule has 19 heavy (non-hydrogen) atoms. The van der Waals surface area contributed by atoms with Gasteiger partial charge >= 0.3 is 0 Å². The standard InChI is InChI=1S/C15H22F2N2/c1-3-7-18-10-11-6-8-19(2)15(11)13-5-4-12(16)9-14(13)17/h4-5,9,11,15,18H,3,6-8,10H2,1-2H3. The van der Waals surface area contributed by atoms with Crippen molar-refractivity contribution in [3.63, 3.8) is 0 Å². The summed E-state index contributed by atoms with van der Waals surface area (Å²) in [4.78, 5) is 2.16. The molecule has 0 spiro atoms. The van der Waals surface area contributed by atoms with Gasteiger partial charge in [0.15, 0.2) is 0 Å². The van der Waals surface area contributed by atoms with E-state index in [4.69, 9.17) is 0 Å². The maximum Gasteiger partial charge on any atom is 0.130 e. The Bertz CT molecular complexity index is 423. The number of benzene rings is 1. The van der Waals surface area contributed by atoms with Crippen LogP contribution in [0.2, 0.25) is 0 Å². The van der Waals surface area contributed by atoms with E-state index in [0.29, 0.717) is 11.5 Å². The lowest BCUT2D eigenvalue weighted by Gasteiger charge is -2.26. The van der Waals surface area contributed by atoms with Gasteiger partial charge in [-0.05, 0) is 51.5 Å². The van der Waals surface area contributed by atoms with Crippen LogP contribution in [0.4, 0.5) is 8.78 Å². The predicted octanol–water partition coefficient (Wildman–Crippen LogP) is 2.96. The van der Waals surface area contributed by atoms with Crippen LogP contribution < -0.4 is 5.32 Å². The van der Waals surface area contributed by atoms with Crippen LogP contribution in [-0.2, 0) is 0 Å². The molecule has 1 aromatic rings. The maximum atomic E-state index is 14.0. The van der Waals surface area contributed by atoms with Crippen LogP contribution in [0.1, 0.15) is 31.4 Å². The van der Waals surface area contributed by atoms with E-state index in [2.05, 4.69) is 17.1 Å². The van der Waals surface area contributed by atoms with Gasteiger partial charge in [0.25, 0.3) is 0 Å². The van der Waals surface area contributed by atoms with E-state index in [1.54, 1.807) is 6.07 Å². The molecule has 0 radical (unpaired) electrons. The Morgan fingerprint density at radius 2 is 2.16 bits per heavy atom. The van der Waals surface area contributed by atoms with Crippen LogP contribution in [0.3, 0.4) is 0 Å². The number of nitrogens with one attached hydrogen (secondary N) is 1. The molecule has 1 N–H and O–H groups in total. The van der Waals surface area contributed by atoms with E-state index in [0.717, 1.165) is 38.5 Å². The second-order valence-corrected chi connectivity index (χ2v) is 5.34. The van der Waals surface area contributed by atoms with Gasteiger partial charge in [-0.2, -0.15) is 0 Å². The summed E-state index contributed by atoms with van der Waals surface area (Å²) in [6.45, 7) is 4.96. The van der Waals surface area contributed by atoms with E-state index < -0.39 is 11.6 Å². The van der Waals surface area contributed by atoms with Crippen molar-refractivity contribution in [1.82, 2.24) is 10.2 Å². The zero-order chi connectivity index (χ0) is 13.8. The van der Waals surface area contributed by atoms with Crippen LogP contribution in [0.25, 0.3) is 0 Å². The molecule has 1 saturated heterocycles. The lowest BCUT2D eigenvalue weighted by Crippen LogP contribution is -2.29. The third kappa shape index (κ3) is 3.31. The largest absolute Gasteiger partial charge is 0.316 e. The summed E-state index contributed by atoms with van der Waals surface area (Å²) in [7, 11) is 2.01. The Kier molecular flexibility index (Phi) is 4.88. The molecule has 1 heterocycles. The van der Waals surface area contributed by atoms with E-state index >= 15 is 0 Å². The topological polar surface area (TPSA) is 15.3 Å². The van der Waals surface area contributed by atoms with Crippen molar-refractivity contribution < 1.29 is 8.78 Å². The van der Waals surface area contributed by atoms with Crippen LogP contribution >= 0.6 is 0 Å². The minimum Gasteiger partial charge on any atom is -0.316 e. The van der Waals surface area contributed by atoms with Crippen molar-refractivity contribution in [3.8, 4) is 0 Å².